The Morgan fingerprint density at radius 2 is 1.21 bits per heavy atom. The molecule has 0 aliphatic rings. The minimum atomic E-state index is -1.28. The second kappa shape index (κ2) is 5.99. The van der Waals surface area contributed by atoms with Gasteiger partial charge in [-0.25, -0.2) is 13.9 Å². The lowest BCUT2D eigenvalue weighted by Gasteiger charge is -2.16. The van der Waals surface area contributed by atoms with Gasteiger partial charge in [-0.05, 0) is 39.8 Å². The number of fused-ring (bicyclic) bond motifs is 1. The molecule has 7 heteroatoms. The van der Waals surface area contributed by atoms with E-state index in [0.29, 0.717) is 11.0 Å². The predicted octanol–water partition coefficient (Wildman–Crippen LogP) is 1.41. The highest BCUT2D eigenvalue weighted by Crippen LogP contribution is 2.18. The van der Waals surface area contributed by atoms with Gasteiger partial charge >= 0.3 is 5.69 Å². The van der Waals surface area contributed by atoms with E-state index in [1.807, 2.05) is 0 Å². The minimum Gasteiger partial charge on any atom is -0.390 e. The second-order valence-electron chi connectivity index (χ2n) is 7.21. The molecule has 24 heavy (non-hydrogen) atoms. The first-order valence-electron chi connectivity index (χ1n) is 7.64. The van der Waals surface area contributed by atoms with Crippen LogP contribution in [0.2, 0.25) is 0 Å². The van der Waals surface area contributed by atoms with Crippen LogP contribution in [0.5, 0.6) is 0 Å². The number of benzene rings is 1. The van der Waals surface area contributed by atoms with E-state index in [0.717, 1.165) is 9.13 Å². The summed E-state index contributed by atoms with van der Waals surface area (Å²) in [5.74, 6) is -1.20. The van der Waals surface area contributed by atoms with E-state index < -0.39 is 28.7 Å². The molecule has 0 aliphatic heterocycles. The van der Waals surface area contributed by atoms with Crippen molar-refractivity contribution in [1.29, 1.82) is 0 Å². The summed E-state index contributed by atoms with van der Waals surface area (Å²) in [6.07, 6.45) is -0.527. The summed E-state index contributed by atoms with van der Waals surface area (Å²) in [4.78, 5) is 37.6. The molecule has 1 aromatic heterocycles. The van der Waals surface area contributed by atoms with Crippen LogP contribution in [-0.4, -0.2) is 42.4 Å². The molecule has 1 aromatic carbocycles. The standard InChI is InChI=1S/C17H22N2O5/c1-16(2,23)9-13(20)18-11-7-5-6-8-12(11)19(15(18)22)14(21)10-17(3,4)24/h5-8,23-24H,9-10H2,1-4H3. The van der Waals surface area contributed by atoms with E-state index >= 15 is 0 Å². The van der Waals surface area contributed by atoms with Gasteiger partial charge in [0.15, 0.2) is 0 Å². The van der Waals surface area contributed by atoms with Crippen LogP contribution in [-0.2, 0) is 0 Å². The molecule has 0 aliphatic carbocycles. The van der Waals surface area contributed by atoms with Crippen LogP contribution in [0, 0.1) is 0 Å². The fourth-order valence-electron chi connectivity index (χ4n) is 2.53. The van der Waals surface area contributed by atoms with Crippen molar-refractivity contribution in [3.05, 3.63) is 34.7 Å². The fraction of sp³-hybridized carbons (Fsp3) is 0.471. The Balaban J connectivity index is 2.63. The summed E-state index contributed by atoms with van der Waals surface area (Å²) in [7, 11) is 0. The molecule has 2 aromatic rings. The molecule has 0 saturated heterocycles. The van der Waals surface area contributed by atoms with Crippen molar-refractivity contribution in [3.63, 3.8) is 0 Å². The van der Waals surface area contributed by atoms with Gasteiger partial charge in [0.25, 0.3) is 0 Å². The van der Waals surface area contributed by atoms with Gasteiger partial charge in [-0.3, -0.25) is 9.59 Å². The number of nitrogens with zero attached hydrogens (tertiary/aromatic N) is 2. The number of hydrogen-bond acceptors (Lipinski definition) is 5. The van der Waals surface area contributed by atoms with Crippen LogP contribution in [0.15, 0.2) is 29.1 Å². The molecular formula is C17H22N2O5. The van der Waals surface area contributed by atoms with Crippen molar-refractivity contribution in [2.75, 3.05) is 0 Å². The normalized spacial score (nSPS) is 12.6. The molecule has 0 amide bonds. The topological polar surface area (TPSA) is 102 Å². The van der Waals surface area contributed by atoms with Crippen molar-refractivity contribution in [2.45, 2.75) is 51.7 Å². The van der Waals surface area contributed by atoms with E-state index in [1.54, 1.807) is 24.3 Å². The lowest BCUT2D eigenvalue weighted by molar-refractivity contribution is 0.0529. The largest absolute Gasteiger partial charge is 0.390 e. The lowest BCUT2D eigenvalue weighted by Crippen LogP contribution is -2.37. The quantitative estimate of drug-likeness (QED) is 0.880. The summed E-state index contributed by atoms with van der Waals surface area (Å²) in [6, 6.07) is 6.43. The first-order valence-corrected chi connectivity index (χ1v) is 7.64. The average Bonchev–Trinajstić information content (AvgIpc) is 2.66. The van der Waals surface area contributed by atoms with Crippen LogP contribution >= 0.6 is 0 Å². The second-order valence-corrected chi connectivity index (χ2v) is 7.21. The van der Waals surface area contributed by atoms with Crippen molar-refractivity contribution in [3.8, 4) is 0 Å². The molecule has 0 saturated carbocycles. The van der Waals surface area contributed by atoms with Gasteiger partial charge in [0.05, 0.1) is 35.1 Å². The molecule has 0 radical (unpaired) electrons. The SMILES string of the molecule is CC(C)(O)CC(=O)n1c(=O)n(C(=O)CC(C)(C)O)c2ccccc21. The molecule has 0 atom stereocenters. The van der Waals surface area contributed by atoms with Gasteiger partial charge in [-0.2, -0.15) is 0 Å². The minimum absolute atomic E-state index is 0.263. The number of hydrogen-bond donors (Lipinski definition) is 2. The lowest BCUT2D eigenvalue weighted by atomic mass is 10.1. The smallest absolute Gasteiger partial charge is 0.342 e. The van der Waals surface area contributed by atoms with Gasteiger partial charge < -0.3 is 10.2 Å². The van der Waals surface area contributed by atoms with Gasteiger partial charge in [0.2, 0.25) is 11.8 Å². The van der Waals surface area contributed by atoms with Gasteiger partial charge in [-0.15, -0.1) is 0 Å². The molecule has 130 valence electrons. The highest BCUT2D eigenvalue weighted by molar-refractivity contribution is 5.96. The number of imidazole rings is 1. The predicted molar refractivity (Wildman–Crippen MR) is 89.3 cm³/mol. The number of rotatable bonds is 4. The van der Waals surface area contributed by atoms with Crippen LogP contribution in [0.4, 0.5) is 0 Å². The Labute approximate surface area is 139 Å². The fourth-order valence-corrected chi connectivity index (χ4v) is 2.53. The first-order chi connectivity index (χ1) is 10.9. The van der Waals surface area contributed by atoms with E-state index in [4.69, 9.17) is 0 Å². The number of para-hydroxylation sites is 2. The van der Waals surface area contributed by atoms with E-state index in [1.165, 1.54) is 27.7 Å². The Bertz CT molecular complexity index is 778. The Hall–Kier alpha value is -2.25. The third-order valence-corrected chi connectivity index (χ3v) is 3.41. The monoisotopic (exact) mass is 334 g/mol. The molecule has 0 unspecified atom stereocenters. The molecule has 1 heterocycles. The summed E-state index contributed by atoms with van der Waals surface area (Å²) in [6.45, 7) is 5.87. The zero-order valence-corrected chi connectivity index (χ0v) is 14.2. The van der Waals surface area contributed by atoms with Crippen molar-refractivity contribution < 1.29 is 19.8 Å². The van der Waals surface area contributed by atoms with Crippen molar-refractivity contribution in [1.82, 2.24) is 9.13 Å². The number of aromatic nitrogens is 2. The number of aliphatic hydroxyl groups is 2. The Morgan fingerprint density at radius 3 is 1.50 bits per heavy atom. The van der Waals surface area contributed by atoms with Gasteiger partial charge in [-0.1, -0.05) is 12.1 Å². The molecule has 0 bridgehead atoms. The molecule has 2 rings (SSSR count). The van der Waals surface area contributed by atoms with E-state index in [-0.39, 0.29) is 12.8 Å². The van der Waals surface area contributed by atoms with E-state index in [2.05, 4.69) is 0 Å². The van der Waals surface area contributed by atoms with Gasteiger partial charge in [0.1, 0.15) is 0 Å². The maximum Gasteiger partial charge on any atom is 0.342 e. The molecule has 0 fully saturated rings. The maximum atomic E-state index is 12.7. The van der Waals surface area contributed by atoms with Crippen LogP contribution in [0.25, 0.3) is 11.0 Å². The highest BCUT2D eigenvalue weighted by Gasteiger charge is 2.28. The maximum absolute atomic E-state index is 12.7. The Kier molecular flexibility index (Phi) is 4.52. The number of carbonyl (C=O) groups is 2. The zero-order valence-electron chi connectivity index (χ0n) is 14.2. The summed E-state index contributed by atoms with van der Waals surface area (Å²) >= 11 is 0. The van der Waals surface area contributed by atoms with Gasteiger partial charge in [0, 0.05) is 0 Å². The average molecular weight is 334 g/mol. The first kappa shape index (κ1) is 18.1. The molecule has 2 N–H and O–H groups in total. The molecule has 0 spiro atoms. The van der Waals surface area contributed by atoms with Crippen LogP contribution < -0.4 is 5.69 Å². The zero-order chi connectivity index (χ0) is 18.3. The Morgan fingerprint density at radius 1 is 0.875 bits per heavy atom. The van der Waals surface area contributed by atoms with Crippen molar-refractivity contribution in [2.24, 2.45) is 0 Å². The third-order valence-electron chi connectivity index (χ3n) is 3.41. The summed E-state index contributed by atoms with van der Waals surface area (Å²) in [5.41, 5.74) is -2.77. The van der Waals surface area contributed by atoms with E-state index in [9.17, 15) is 24.6 Å². The molecule has 7 nitrogen and oxygen atoms in total. The highest BCUT2D eigenvalue weighted by atomic mass is 16.3. The van der Waals surface area contributed by atoms with Crippen molar-refractivity contribution >= 4 is 22.8 Å². The number of carbonyl (C=O) groups excluding carboxylic acids is 2. The van der Waals surface area contributed by atoms with Crippen LogP contribution in [0.3, 0.4) is 0 Å². The summed E-state index contributed by atoms with van der Waals surface area (Å²) in [5, 5.41) is 19.7. The van der Waals surface area contributed by atoms with Crippen LogP contribution in [0.1, 0.15) is 50.1 Å². The third kappa shape index (κ3) is 3.80. The molecular weight excluding hydrogens is 312 g/mol. The summed E-state index contributed by atoms with van der Waals surface area (Å²) < 4.78 is 1.80.